The summed E-state index contributed by atoms with van der Waals surface area (Å²) in [4.78, 5) is 0. The number of anilines is 1. The van der Waals surface area contributed by atoms with Crippen molar-refractivity contribution < 1.29 is 9.84 Å². The van der Waals surface area contributed by atoms with Crippen molar-refractivity contribution in [2.75, 3.05) is 31.7 Å². The maximum Gasteiger partial charge on any atom is 0.153 e. The zero-order valence-electron chi connectivity index (χ0n) is 11.3. The van der Waals surface area contributed by atoms with Crippen molar-refractivity contribution in [1.82, 2.24) is 20.2 Å². The molecular weight excluding hydrogens is 258 g/mol. The van der Waals surface area contributed by atoms with Crippen molar-refractivity contribution in [3.8, 4) is 5.69 Å². The molecule has 0 spiro atoms. The van der Waals surface area contributed by atoms with Crippen LogP contribution in [0.1, 0.15) is 5.82 Å². The molecule has 0 amide bonds. The van der Waals surface area contributed by atoms with E-state index in [1.807, 2.05) is 31.2 Å². The number of rotatable bonds is 5. The lowest BCUT2D eigenvalue weighted by atomic mass is 9.87. The van der Waals surface area contributed by atoms with Gasteiger partial charge in [-0.15, -0.1) is 5.10 Å². The molecule has 1 aliphatic heterocycles. The summed E-state index contributed by atoms with van der Waals surface area (Å²) in [6.07, 6.45) is 0. The van der Waals surface area contributed by atoms with E-state index in [9.17, 15) is 5.11 Å². The SMILES string of the molecule is Cc1nnnn1-c1cccc(NCC2(CO)COC2)c1. The zero-order chi connectivity index (χ0) is 14.0. The molecule has 2 N–H and O–H groups in total. The van der Waals surface area contributed by atoms with Gasteiger partial charge in [-0.25, -0.2) is 0 Å². The highest BCUT2D eigenvalue weighted by Gasteiger charge is 2.37. The van der Waals surface area contributed by atoms with E-state index in [-0.39, 0.29) is 12.0 Å². The summed E-state index contributed by atoms with van der Waals surface area (Å²) < 4.78 is 6.87. The van der Waals surface area contributed by atoms with Gasteiger partial charge in [0.05, 0.1) is 30.9 Å². The highest BCUT2D eigenvalue weighted by Crippen LogP contribution is 2.27. The molecule has 2 heterocycles. The Hall–Kier alpha value is -1.99. The number of aliphatic hydroxyl groups excluding tert-OH is 1. The van der Waals surface area contributed by atoms with Crippen LogP contribution < -0.4 is 5.32 Å². The Balaban J connectivity index is 1.73. The Morgan fingerprint density at radius 2 is 2.30 bits per heavy atom. The van der Waals surface area contributed by atoms with E-state index in [0.717, 1.165) is 17.2 Å². The van der Waals surface area contributed by atoms with Crippen LogP contribution in [-0.4, -0.2) is 51.7 Å². The lowest BCUT2D eigenvalue weighted by molar-refractivity contribution is -0.128. The number of ether oxygens (including phenoxy) is 1. The molecule has 0 radical (unpaired) electrons. The second-order valence-corrected chi connectivity index (χ2v) is 5.19. The van der Waals surface area contributed by atoms with Crippen LogP contribution in [0.15, 0.2) is 24.3 Å². The molecule has 0 bridgehead atoms. The van der Waals surface area contributed by atoms with Crippen LogP contribution >= 0.6 is 0 Å². The lowest BCUT2D eigenvalue weighted by Crippen LogP contribution is -2.50. The molecule has 7 heteroatoms. The monoisotopic (exact) mass is 275 g/mol. The number of tetrazole rings is 1. The molecule has 0 atom stereocenters. The normalized spacial score (nSPS) is 16.7. The van der Waals surface area contributed by atoms with Crippen LogP contribution in [0.4, 0.5) is 5.69 Å². The fourth-order valence-electron chi connectivity index (χ4n) is 2.15. The van der Waals surface area contributed by atoms with Gasteiger partial charge in [0.1, 0.15) is 0 Å². The molecule has 0 saturated carbocycles. The standard InChI is InChI=1S/C13H17N5O2/c1-10-15-16-17-18(10)12-4-2-3-11(5-12)14-6-13(7-19)8-20-9-13/h2-5,14,19H,6-9H2,1H3. The number of aliphatic hydroxyl groups is 1. The fraction of sp³-hybridized carbons (Fsp3) is 0.462. The average Bonchev–Trinajstić information content (AvgIpc) is 2.85. The summed E-state index contributed by atoms with van der Waals surface area (Å²) >= 11 is 0. The summed E-state index contributed by atoms with van der Waals surface area (Å²) in [5.74, 6) is 0.737. The molecule has 1 aliphatic rings. The van der Waals surface area contributed by atoms with Crippen molar-refractivity contribution in [2.24, 2.45) is 5.41 Å². The molecule has 1 fully saturated rings. The average molecular weight is 275 g/mol. The summed E-state index contributed by atoms with van der Waals surface area (Å²) in [7, 11) is 0. The Labute approximate surface area is 116 Å². The third-order valence-electron chi connectivity index (χ3n) is 3.54. The van der Waals surface area contributed by atoms with Gasteiger partial charge >= 0.3 is 0 Å². The molecular formula is C13H17N5O2. The minimum absolute atomic E-state index is 0.131. The van der Waals surface area contributed by atoms with E-state index in [0.29, 0.717) is 19.8 Å². The van der Waals surface area contributed by atoms with Gasteiger partial charge in [-0.2, -0.15) is 4.68 Å². The summed E-state index contributed by atoms with van der Waals surface area (Å²) in [6, 6.07) is 7.85. The van der Waals surface area contributed by atoms with E-state index in [4.69, 9.17) is 4.74 Å². The predicted molar refractivity (Wildman–Crippen MR) is 72.7 cm³/mol. The second-order valence-electron chi connectivity index (χ2n) is 5.19. The molecule has 1 aromatic carbocycles. The van der Waals surface area contributed by atoms with Crippen molar-refractivity contribution >= 4 is 5.69 Å². The van der Waals surface area contributed by atoms with Gasteiger partial charge in [-0.1, -0.05) is 6.07 Å². The first-order chi connectivity index (χ1) is 9.72. The van der Waals surface area contributed by atoms with Crippen molar-refractivity contribution in [1.29, 1.82) is 0 Å². The largest absolute Gasteiger partial charge is 0.396 e. The van der Waals surface area contributed by atoms with Crippen LogP contribution in [0, 0.1) is 12.3 Å². The predicted octanol–water partition coefficient (Wildman–Crippen LogP) is 0.392. The Kier molecular flexibility index (Phi) is 3.37. The first-order valence-electron chi connectivity index (χ1n) is 6.50. The van der Waals surface area contributed by atoms with Crippen molar-refractivity contribution in [3.63, 3.8) is 0 Å². The van der Waals surface area contributed by atoms with Gasteiger partial charge < -0.3 is 15.2 Å². The zero-order valence-corrected chi connectivity index (χ0v) is 11.3. The van der Waals surface area contributed by atoms with Crippen LogP contribution in [-0.2, 0) is 4.74 Å². The molecule has 2 aromatic rings. The van der Waals surface area contributed by atoms with E-state index in [1.165, 1.54) is 0 Å². The first-order valence-corrected chi connectivity index (χ1v) is 6.50. The smallest absolute Gasteiger partial charge is 0.153 e. The van der Waals surface area contributed by atoms with Gasteiger partial charge in [-0.3, -0.25) is 0 Å². The lowest BCUT2D eigenvalue weighted by Gasteiger charge is -2.40. The molecule has 20 heavy (non-hydrogen) atoms. The van der Waals surface area contributed by atoms with E-state index in [2.05, 4.69) is 20.8 Å². The molecule has 0 unspecified atom stereocenters. The van der Waals surface area contributed by atoms with Gasteiger partial charge in [-0.05, 0) is 35.5 Å². The number of nitrogens with zero attached hydrogens (tertiary/aromatic N) is 4. The van der Waals surface area contributed by atoms with Crippen LogP contribution in [0.5, 0.6) is 0 Å². The van der Waals surface area contributed by atoms with E-state index < -0.39 is 0 Å². The fourth-order valence-corrected chi connectivity index (χ4v) is 2.15. The number of benzene rings is 1. The highest BCUT2D eigenvalue weighted by atomic mass is 16.5. The molecule has 1 aromatic heterocycles. The first kappa shape index (κ1) is 13.0. The molecule has 3 rings (SSSR count). The Morgan fingerprint density at radius 1 is 1.45 bits per heavy atom. The number of aromatic nitrogens is 4. The van der Waals surface area contributed by atoms with Crippen LogP contribution in [0.25, 0.3) is 5.69 Å². The highest BCUT2D eigenvalue weighted by molar-refractivity contribution is 5.51. The van der Waals surface area contributed by atoms with Gasteiger partial charge in [0, 0.05) is 12.2 Å². The quantitative estimate of drug-likeness (QED) is 0.821. The van der Waals surface area contributed by atoms with Crippen LogP contribution in [0.2, 0.25) is 0 Å². The van der Waals surface area contributed by atoms with Gasteiger partial charge in [0.2, 0.25) is 0 Å². The number of hydrogen-bond acceptors (Lipinski definition) is 6. The van der Waals surface area contributed by atoms with Gasteiger partial charge in [0.15, 0.2) is 5.82 Å². The summed E-state index contributed by atoms with van der Waals surface area (Å²) in [5.41, 5.74) is 1.72. The number of nitrogens with one attached hydrogen (secondary N) is 1. The summed E-state index contributed by atoms with van der Waals surface area (Å²) in [6.45, 7) is 3.87. The van der Waals surface area contributed by atoms with Crippen molar-refractivity contribution in [3.05, 3.63) is 30.1 Å². The third-order valence-corrected chi connectivity index (χ3v) is 3.54. The molecule has 106 valence electrons. The minimum atomic E-state index is -0.152. The van der Waals surface area contributed by atoms with E-state index in [1.54, 1.807) is 4.68 Å². The Morgan fingerprint density at radius 3 is 2.90 bits per heavy atom. The molecule has 1 saturated heterocycles. The number of hydrogen-bond donors (Lipinski definition) is 2. The van der Waals surface area contributed by atoms with E-state index >= 15 is 0 Å². The summed E-state index contributed by atoms with van der Waals surface area (Å²) in [5, 5.41) is 24.2. The Bertz CT molecular complexity index is 588. The molecule has 7 nitrogen and oxygen atoms in total. The topological polar surface area (TPSA) is 85.1 Å². The number of aryl methyl sites for hydroxylation is 1. The molecule has 0 aliphatic carbocycles. The second kappa shape index (κ2) is 5.18. The minimum Gasteiger partial charge on any atom is -0.396 e. The maximum absolute atomic E-state index is 9.41. The van der Waals surface area contributed by atoms with Gasteiger partial charge in [0.25, 0.3) is 0 Å². The van der Waals surface area contributed by atoms with Crippen molar-refractivity contribution in [2.45, 2.75) is 6.92 Å². The van der Waals surface area contributed by atoms with Crippen LogP contribution in [0.3, 0.4) is 0 Å². The maximum atomic E-state index is 9.41. The third kappa shape index (κ3) is 2.37.